The van der Waals surface area contributed by atoms with E-state index in [9.17, 15) is 9.18 Å². The number of hydrogen-bond donors (Lipinski definition) is 1. The minimum atomic E-state index is -0.280. The van der Waals surface area contributed by atoms with Crippen molar-refractivity contribution in [3.05, 3.63) is 77.6 Å². The van der Waals surface area contributed by atoms with Gasteiger partial charge in [-0.15, -0.1) is 0 Å². The molecule has 9 heteroatoms. The first kappa shape index (κ1) is 22.9. The number of aromatic nitrogens is 2. The molecule has 1 aliphatic rings. The van der Waals surface area contributed by atoms with Gasteiger partial charge in [0.05, 0.1) is 5.52 Å². The first-order chi connectivity index (χ1) is 17.0. The van der Waals surface area contributed by atoms with Gasteiger partial charge in [-0.2, -0.15) is 4.98 Å². The average Bonchev–Trinajstić information content (AvgIpc) is 2.88. The Morgan fingerprint density at radius 2 is 1.63 bits per heavy atom. The maximum atomic E-state index is 13.4. The molecule has 1 amide bonds. The molecule has 0 spiro atoms. The number of nitrogen functional groups attached to an aromatic ring is 1. The first-order valence-corrected chi connectivity index (χ1v) is 11.6. The van der Waals surface area contributed by atoms with Gasteiger partial charge in [-0.3, -0.25) is 4.79 Å². The van der Waals surface area contributed by atoms with Crippen LogP contribution < -0.4 is 15.4 Å². The lowest BCUT2D eigenvalue weighted by Crippen LogP contribution is -2.50. The number of nitrogens with zero attached hydrogens (tertiary/aromatic N) is 4. The lowest BCUT2D eigenvalue weighted by molar-refractivity contribution is -0.133. The van der Waals surface area contributed by atoms with Crippen molar-refractivity contribution < 1.29 is 13.9 Å². The van der Waals surface area contributed by atoms with E-state index in [1.165, 1.54) is 12.1 Å². The second-order valence-corrected chi connectivity index (χ2v) is 8.69. The Morgan fingerprint density at radius 3 is 2.34 bits per heavy atom. The molecule has 35 heavy (non-hydrogen) atoms. The number of carbonyl (C=O) groups excluding carboxylic acids is 1. The Balaban J connectivity index is 1.30. The minimum absolute atomic E-state index is 0.0357. The van der Waals surface area contributed by atoms with Crippen molar-refractivity contribution in [2.75, 3.05) is 43.4 Å². The number of fused-ring (bicyclic) bond motifs is 1. The largest absolute Gasteiger partial charge is 0.484 e. The zero-order chi connectivity index (χ0) is 24.4. The third-order valence-corrected chi connectivity index (χ3v) is 6.23. The average molecular weight is 492 g/mol. The molecular formula is C26H23ClFN5O2. The number of piperazine rings is 1. The Morgan fingerprint density at radius 1 is 0.943 bits per heavy atom. The highest BCUT2D eigenvalue weighted by Crippen LogP contribution is 2.30. The second-order valence-electron chi connectivity index (χ2n) is 8.25. The van der Waals surface area contributed by atoms with Gasteiger partial charge in [-0.1, -0.05) is 29.8 Å². The molecule has 0 aliphatic carbocycles. The van der Waals surface area contributed by atoms with Gasteiger partial charge in [-0.05, 0) is 59.7 Å². The highest BCUT2D eigenvalue weighted by atomic mass is 35.5. The van der Waals surface area contributed by atoms with Crippen LogP contribution in [-0.2, 0) is 4.79 Å². The summed E-state index contributed by atoms with van der Waals surface area (Å²) < 4.78 is 19.0. The van der Waals surface area contributed by atoms with Crippen LogP contribution >= 0.6 is 11.6 Å². The predicted octanol–water partition coefficient (Wildman–Crippen LogP) is 4.40. The molecule has 0 radical (unpaired) electrons. The summed E-state index contributed by atoms with van der Waals surface area (Å²) in [6.07, 6.45) is 0. The molecular weight excluding hydrogens is 469 g/mol. The summed E-state index contributed by atoms with van der Waals surface area (Å²) in [7, 11) is 0. The topological polar surface area (TPSA) is 84.6 Å². The number of rotatable bonds is 5. The third-order valence-electron chi connectivity index (χ3n) is 5.98. The molecule has 7 nitrogen and oxygen atoms in total. The molecule has 1 saturated heterocycles. The van der Waals surface area contributed by atoms with Gasteiger partial charge in [0, 0.05) is 36.6 Å². The maximum Gasteiger partial charge on any atom is 0.260 e. The Labute approximate surface area is 206 Å². The van der Waals surface area contributed by atoms with Crippen LogP contribution in [0.5, 0.6) is 5.75 Å². The zero-order valence-corrected chi connectivity index (χ0v) is 19.6. The lowest BCUT2D eigenvalue weighted by atomic mass is 10.0. The van der Waals surface area contributed by atoms with Gasteiger partial charge >= 0.3 is 0 Å². The third kappa shape index (κ3) is 5.12. The number of amides is 1. The van der Waals surface area contributed by atoms with Crippen molar-refractivity contribution in [2.24, 2.45) is 0 Å². The van der Waals surface area contributed by atoms with Crippen LogP contribution in [-0.4, -0.2) is 53.6 Å². The maximum absolute atomic E-state index is 13.4. The summed E-state index contributed by atoms with van der Waals surface area (Å²) in [6.45, 7) is 2.22. The number of benzene rings is 3. The predicted molar refractivity (Wildman–Crippen MR) is 135 cm³/mol. The molecule has 1 aliphatic heterocycles. The molecule has 2 heterocycles. The molecule has 178 valence electrons. The number of anilines is 2. The lowest BCUT2D eigenvalue weighted by Gasteiger charge is -2.35. The molecule has 5 rings (SSSR count). The van der Waals surface area contributed by atoms with E-state index >= 15 is 0 Å². The van der Waals surface area contributed by atoms with E-state index in [1.54, 1.807) is 41.3 Å². The smallest absolute Gasteiger partial charge is 0.260 e. The fourth-order valence-electron chi connectivity index (χ4n) is 4.13. The van der Waals surface area contributed by atoms with Crippen LogP contribution in [0.25, 0.3) is 22.0 Å². The van der Waals surface area contributed by atoms with Crippen molar-refractivity contribution in [1.82, 2.24) is 14.9 Å². The highest BCUT2D eigenvalue weighted by molar-refractivity contribution is 6.30. The molecule has 1 aromatic heterocycles. The Bertz CT molecular complexity index is 1360. The van der Waals surface area contributed by atoms with Gasteiger partial charge < -0.3 is 20.3 Å². The van der Waals surface area contributed by atoms with Crippen molar-refractivity contribution in [2.45, 2.75) is 0 Å². The normalized spacial score (nSPS) is 13.8. The number of hydrogen-bond acceptors (Lipinski definition) is 6. The van der Waals surface area contributed by atoms with Crippen LogP contribution in [0.3, 0.4) is 0 Å². The minimum Gasteiger partial charge on any atom is -0.484 e. The van der Waals surface area contributed by atoms with E-state index < -0.39 is 0 Å². The quantitative estimate of drug-likeness (QED) is 0.445. The van der Waals surface area contributed by atoms with Gasteiger partial charge in [0.1, 0.15) is 17.4 Å². The van der Waals surface area contributed by atoms with Crippen molar-refractivity contribution >= 4 is 40.2 Å². The Kier molecular flexibility index (Phi) is 6.37. The molecule has 0 atom stereocenters. The fraction of sp³-hybridized carbons (Fsp3) is 0.192. The summed E-state index contributed by atoms with van der Waals surface area (Å²) in [4.78, 5) is 25.4. The molecule has 0 saturated carbocycles. The van der Waals surface area contributed by atoms with Crippen LogP contribution in [0.15, 0.2) is 66.7 Å². The van der Waals surface area contributed by atoms with E-state index in [-0.39, 0.29) is 24.3 Å². The van der Waals surface area contributed by atoms with Gasteiger partial charge in [-0.25, -0.2) is 9.37 Å². The molecule has 1 fully saturated rings. The van der Waals surface area contributed by atoms with Crippen LogP contribution in [0.2, 0.25) is 5.02 Å². The van der Waals surface area contributed by atoms with Crippen LogP contribution in [0.4, 0.5) is 16.2 Å². The van der Waals surface area contributed by atoms with Crippen LogP contribution in [0, 0.1) is 5.82 Å². The van der Waals surface area contributed by atoms with E-state index in [1.807, 2.05) is 18.2 Å². The number of ether oxygens (including phenoxy) is 1. The van der Waals surface area contributed by atoms with Gasteiger partial charge in [0.15, 0.2) is 6.61 Å². The monoisotopic (exact) mass is 491 g/mol. The zero-order valence-electron chi connectivity index (χ0n) is 18.8. The van der Waals surface area contributed by atoms with E-state index in [0.29, 0.717) is 37.0 Å². The highest BCUT2D eigenvalue weighted by Gasteiger charge is 2.24. The van der Waals surface area contributed by atoms with Gasteiger partial charge in [0.25, 0.3) is 5.91 Å². The Hall–Kier alpha value is -3.91. The molecule has 2 N–H and O–H groups in total. The molecule has 3 aromatic carbocycles. The molecule has 0 bridgehead atoms. The fourth-order valence-corrected chi connectivity index (χ4v) is 4.25. The summed E-state index contributed by atoms with van der Waals surface area (Å²) in [5.74, 6) is 1.15. The number of carbonyl (C=O) groups is 1. The summed E-state index contributed by atoms with van der Waals surface area (Å²) >= 11 is 5.89. The van der Waals surface area contributed by atoms with Crippen LogP contribution in [0.1, 0.15) is 0 Å². The van der Waals surface area contributed by atoms with Crippen molar-refractivity contribution in [3.8, 4) is 16.9 Å². The molecule has 4 aromatic rings. The number of halogens is 2. The van der Waals surface area contributed by atoms with Crippen molar-refractivity contribution in [3.63, 3.8) is 0 Å². The standard InChI is InChI=1S/C26H23ClFN5O2/c27-19-4-8-21(9-5-19)35-16-24(34)32-11-13-33(14-12-32)25-22-15-18(17-1-6-20(28)7-2-17)3-10-23(22)30-26(29)31-25/h1-10,15H,11-14,16H2,(H2,29,30,31). The number of nitrogens with two attached hydrogens (primary N) is 1. The first-order valence-electron chi connectivity index (χ1n) is 11.2. The summed E-state index contributed by atoms with van der Waals surface area (Å²) in [6, 6.07) is 19.1. The van der Waals surface area contributed by atoms with E-state index in [2.05, 4.69) is 14.9 Å². The van der Waals surface area contributed by atoms with E-state index in [0.717, 1.165) is 27.8 Å². The molecule has 0 unspecified atom stereocenters. The summed E-state index contributed by atoms with van der Waals surface area (Å²) in [5.41, 5.74) is 8.55. The SMILES string of the molecule is Nc1nc(N2CCN(C(=O)COc3ccc(Cl)cc3)CC2)c2cc(-c3ccc(F)cc3)ccc2n1. The van der Waals surface area contributed by atoms with E-state index in [4.69, 9.17) is 22.1 Å². The van der Waals surface area contributed by atoms with Crippen molar-refractivity contribution in [1.29, 1.82) is 0 Å². The second kappa shape index (κ2) is 9.76. The summed E-state index contributed by atoms with van der Waals surface area (Å²) in [5, 5.41) is 1.47. The van der Waals surface area contributed by atoms with Gasteiger partial charge in [0.2, 0.25) is 5.95 Å².